The van der Waals surface area contributed by atoms with Crippen molar-refractivity contribution in [2.45, 2.75) is 148 Å². The molecule has 5 aromatic carbocycles. The van der Waals surface area contributed by atoms with Gasteiger partial charge in [-0.25, -0.2) is 9.59 Å². The average Bonchev–Trinajstić information content (AvgIpc) is 0.833. The number of hydrogen-bond donors (Lipinski definition) is 3. The van der Waals surface area contributed by atoms with Gasteiger partial charge in [-0.2, -0.15) is 0 Å². The Bertz CT molecular complexity index is 3590. The summed E-state index contributed by atoms with van der Waals surface area (Å²) in [5.74, 6) is -6.31. The largest absolute Gasteiger partial charge is 0.493 e. The van der Waals surface area contributed by atoms with E-state index in [1.165, 1.54) is 73.9 Å². The van der Waals surface area contributed by atoms with Crippen LogP contribution < -0.4 is 25.4 Å². The number of aryl methyl sites for hydroxylation is 1. The van der Waals surface area contributed by atoms with E-state index in [9.17, 15) is 43.2 Å². The standard InChI is InChI=1S/C74H93N7O14/c1-47(2)40-59-68(86)76-57(42-49-22-13-12-14-23-49)71(89)80(9)66(48(3)4)69(87)77-56(43-51-30-33-52-24-15-16-25-53(52)41-51)70(88)78(7)38-19-18-29-65(84)94-46-74(5,6)67(85)72(90)81-39-20-17-28-58(81)73(91)95-60(34-31-50-32-35-61(92-10)62(44-50)93-11)54-26-21-27-55(45-54)75-63(82)36-37-64(83)79(59)8/h12-16,18,21-27,29-30,32-33,35,41,44-45,47-48,56-60,66H,17,19-20,28,31,34,36-40,42-43,46H2,1-11H3,(H,75,82)(H,76,86)(H,77,87)/b29-18-/t56-,57+,58-,59-,60+,66-/m0/s1. The molecule has 0 unspecified atom stereocenters. The highest BCUT2D eigenvalue weighted by molar-refractivity contribution is 6.38. The zero-order valence-electron chi connectivity index (χ0n) is 56.6. The third kappa shape index (κ3) is 20.1. The fourth-order valence-corrected chi connectivity index (χ4v) is 12.1. The molecule has 0 aromatic heterocycles. The third-order valence-electron chi connectivity index (χ3n) is 17.5. The molecular weight excluding hydrogens is 1210 g/mol. The number of esters is 2. The van der Waals surface area contributed by atoms with E-state index in [0.29, 0.717) is 47.6 Å². The van der Waals surface area contributed by atoms with Gasteiger partial charge in [0, 0.05) is 71.7 Å². The minimum Gasteiger partial charge on any atom is -0.493 e. The maximum Gasteiger partial charge on any atom is 0.330 e. The molecule has 21 nitrogen and oxygen atoms in total. The Morgan fingerprint density at radius 3 is 2.03 bits per heavy atom. The molecule has 2 aliphatic heterocycles. The molecule has 1 saturated heterocycles. The van der Waals surface area contributed by atoms with Gasteiger partial charge in [0.15, 0.2) is 11.5 Å². The first-order chi connectivity index (χ1) is 45.3. The molecule has 2 heterocycles. The number of cyclic esters (lactones) is 2. The number of piperidine rings is 1. The Balaban J connectivity index is 1.21. The number of benzene rings is 5. The predicted octanol–water partition coefficient (Wildman–Crippen LogP) is 8.54. The Morgan fingerprint density at radius 2 is 1.33 bits per heavy atom. The van der Waals surface area contributed by atoms with Crippen LogP contribution in [0.25, 0.3) is 10.8 Å². The lowest BCUT2D eigenvalue weighted by Gasteiger charge is -2.36. The van der Waals surface area contributed by atoms with Gasteiger partial charge < -0.3 is 54.5 Å². The van der Waals surface area contributed by atoms with Crippen molar-refractivity contribution >= 4 is 75.5 Å². The second-order valence-corrected chi connectivity index (χ2v) is 26.1. The van der Waals surface area contributed by atoms with Crippen LogP contribution >= 0.6 is 0 Å². The first-order valence-corrected chi connectivity index (χ1v) is 32.7. The number of likely N-dealkylation sites (N-methyl/N-ethyl adjacent to an activating group) is 3. The van der Waals surface area contributed by atoms with Gasteiger partial charge in [0.1, 0.15) is 42.9 Å². The zero-order chi connectivity index (χ0) is 69.1. The van der Waals surface area contributed by atoms with E-state index in [2.05, 4.69) is 16.0 Å². The van der Waals surface area contributed by atoms with E-state index >= 15 is 4.79 Å². The number of nitrogens with one attached hydrogen (secondary N) is 3. The molecular formula is C74H93N7O14. The summed E-state index contributed by atoms with van der Waals surface area (Å²) in [6.07, 6.45) is 3.49. The smallest absolute Gasteiger partial charge is 0.330 e. The van der Waals surface area contributed by atoms with Crippen molar-refractivity contribution in [1.82, 2.24) is 30.2 Å². The summed E-state index contributed by atoms with van der Waals surface area (Å²) < 4.78 is 22.9. The normalized spacial score (nSPS) is 22.2. The van der Waals surface area contributed by atoms with E-state index in [1.807, 2.05) is 86.6 Å². The molecule has 1 fully saturated rings. The number of anilines is 1. The van der Waals surface area contributed by atoms with Gasteiger partial charge >= 0.3 is 11.9 Å². The van der Waals surface area contributed by atoms with Crippen molar-refractivity contribution in [3.63, 3.8) is 0 Å². The predicted molar refractivity (Wildman–Crippen MR) is 361 cm³/mol. The topological polar surface area (TPSA) is 257 Å². The lowest BCUT2D eigenvalue weighted by molar-refractivity contribution is -0.165. The number of carbonyl (C=O) groups excluding carboxylic acids is 10. The van der Waals surface area contributed by atoms with Crippen LogP contribution in [0.3, 0.4) is 0 Å². The minimum absolute atomic E-state index is 0.0223. The van der Waals surface area contributed by atoms with Crippen LogP contribution in [-0.2, 0) is 76.7 Å². The fraction of sp³-hybridized carbons (Fsp3) is 0.459. The van der Waals surface area contributed by atoms with Gasteiger partial charge in [0.2, 0.25) is 41.2 Å². The van der Waals surface area contributed by atoms with Gasteiger partial charge in [-0.3, -0.25) is 38.4 Å². The van der Waals surface area contributed by atoms with Crippen LogP contribution in [0.5, 0.6) is 11.5 Å². The van der Waals surface area contributed by atoms with E-state index < -0.39 is 113 Å². The molecule has 0 radical (unpaired) electrons. The number of ketones is 1. The van der Waals surface area contributed by atoms with Gasteiger partial charge in [-0.1, -0.05) is 125 Å². The van der Waals surface area contributed by atoms with Gasteiger partial charge in [-0.05, 0) is 128 Å². The summed E-state index contributed by atoms with van der Waals surface area (Å²) in [5.41, 5.74) is 1.60. The van der Waals surface area contributed by atoms with Crippen LogP contribution in [0.15, 0.2) is 127 Å². The summed E-state index contributed by atoms with van der Waals surface area (Å²) in [5, 5.41) is 10.7. The van der Waals surface area contributed by atoms with Crippen LogP contribution in [0.2, 0.25) is 0 Å². The second kappa shape index (κ2) is 34.1. The summed E-state index contributed by atoms with van der Waals surface area (Å²) in [6, 6.07) is 29.0. The van der Waals surface area contributed by atoms with E-state index in [0.717, 1.165) is 21.9 Å². The number of nitrogens with zero attached hydrogens (tertiary/aromatic N) is 4. The highest BCUT2D eigenvalue weighted by Crippen LogP contribution is 2.33. The van der Waals surface area contributed by atoms with Gasteiger partial charge in [0.25, 0.3) is 5.91 Å². The van der Waals surface area contributed by atoms with Gasteiger partial charge in [-0.15, -0.1) is 0 Å². The summed E-state index contributed by atoms with van der Waals surface area (Å²) >= 11 is 0. The number of ether oxygens (including phenoxy) is 4. The number of fused-ring (bicyclic) bond motifs is 4. The summed E-state index contributed by atoms with van der Waals surface area (Å²) in [7, 11) is 7.59. The molecule has 508 valence electrons. The maximum absolute atomic E-state index is 15.1. The van der Waals surface area contributed by atoms with Crippen molar-refractivity contribution in [3.05, 3.63) is 150 Å². The Morgan fingerprint density at radius 1 is 0.653 bits per heavy atom. The van der Waals surface area contributed by atoms with Crippen molar-refractivity contribution in [1.29, 1.82) is 0 Å². The first-order valence-electron chi connectivity index (χ1n) is 32.7. The minimum atomic E-state index is -1.53. The van der Waals surface area contributed by atoms with Crippen molar-refractivity contribution < 1.29 is 66.9 Å². The number of Topliss-reactive ketones (excluding diaryl/α,β-unsaturated/α-hetero) is 1. The first kappa shape index (κ1) is 73.0. The van der Waals surface area contributed by atoms with Crippen molar-refractivity contribution in [3.8, 4) is 11.5 Å². The zero-order valence-corrected chi connectivity index (χ0v) is 56.6. The molecule has 0 spiro atoms. The summed E-state index contributed by atoms with van der Waals surface area (Å²) in [6.45, 7) is 10.0. The van der Waals surface area contributed by atoms with Crippen molar-refractivity contribution in [2.75, 3.05) is 60.4 Å². The monoisotopic (exact) mass is 1300 g/mol. The molecule has 3 N–H and O–H groups in total. The van der Waals surface area contributed by atoms with Crippen LogP contribution in [0.1, 0.15) is 121 Å². The van der Waals surface area contributed by atoms with Crippen LogP contribution in [-0.4, -0.2) is 164 Å². The van der Waals surface area contributed by atoms with E-state index in [4.69, 9.17) is 18.9 Å². The van der Waals surface area contributed by atoms with Gasteiger partial charge in [0.05, 0.1) is 19.6 Å². The molecule has 7 rings (SSSR count). The maximum atomic E-state index is 15.1. The molecule has 21 heteroatoms. The SMILES string of the molecule is COc1ccc(CC[C@H]2OC(=O)[C@@H]3CCCCN3C(=O)C(=O)C(C)(C)COC(=O)/C=C\CCN(C)C(=O)[C@H](Cc3ccc4ccccc4c3)NC(=O)[C@H](C(C)C)N(C)C(=O)[C@@H](Cc3ccccc3)NC(=O)[C@H](CC(C)C)N(C)C(=O)CCC(=O)Nc3cccc2c3)cc1OC. The highest BCUT2D eigenvalue weighted by atomic mass is 16.5. The van der Waals surface area contributed by atoms with Crippen LogP contribution in [0.4, 0.5) is 5.69 Å². The number of methoxy groups -OCH3 is 2. The number of amides is 7. The number of rotatable bonds is 12. The molecule has 2 bridgehead atoms. The fourth-order valence-electron chi connectivity index (χ4n) is 12.1. The van der Waals surface area contributed by atoms with E-state index in [1.54, 1.807) is 63.4 Å². The van der Waals surface area contributed by atoms with Crippen molar-refractivity contribution in [2.24, 2.45) is 17.3 Å². The van der Waals surface area contributed by atoms with E-state index in [-0.39, 0.29) is 70.4 Å². The number of carbonyl (C=O) groups is 10. The number of hydrogen-bond acceptors (Lipinski definition) is 14. The summed E-state index contributed by atoms with van der Waals surface area (Å²) in [4.78, 5) is 149. The second-order valence-electron chi connectivity index (χ2n) is 26.1. The average molecular weight is 1300 g/mol. The lowest BCUT2D eigenvalue weighted by Crippen LogP contribution is -2.60. The molecule has 95 heavy (non-hydrogen) atoms. The Labute approximate surface area is 557 Å². The van der Waals surface area contributed by atoms with Crippen LogP contribution in [0, 0.1) is 17.3 Å². The Hall–Kier alpha value is -9.40. The Kier molecular flexibility index (Phi) is 26.2. The molecule has 2 aliphatic rings. The highest BCUT2D eigenvalue weighted by Gasteiger charge is 2.43. The molecule has 6 atom stereocenters. The molecule has 0 saturated carbocycles. The quantitative estimate of drug-likeness (QED) is 0.0782. The molecule has 0 aliphatic carbocycles. The molecule has 7 amide bonds. The lowest BCUT2D eigenvalue weighted by atomic mass is 9.87. The third-order valence-corrected chi connectivity index (χ3v) is 17.5. The molecule has 5 aromatic rings.